The molecule has 0 bridgehead atoms. The molecule has 1 atom stereocenters. The molecule has 170 valence electrons. The summed E-state index contributed by atoms with van der Waals surface area (Å²) in [5.41, 5.74) is 1.16. The van der Waals surface area contributed by atoms with E-state index in [-0.39, 0.29) is 50.6 Å². The van der Waals surface area contributed by atoms with E-state index in [1.54, 1.807) is 30.2 Å². The lowest BCUT2D eigenvalue weighted by molar-refractivity contribution is -0.139. The van der Waals surface area contributed by atoms with E-state index in [1.807, 2.05) is 16.9 Å². The number of alkyl halides is 1. The number of amides is 2. The fourth-order valence-electron chi connectivity index (χ4n) is 4.35. The van der Waals surface area contributed by atoms with Gasteiger partial charge in [0, 0.05) is 24.7 Å². The van der Waals surface area contributed by atoms with Crippen molar-refractivity contribution in [2.45, 2.75) is 37.5 Å². The number of ether oxygens (including phenoxy) is 2. The maximum Gasteiger partial charge on any atom is 0.411 e. The van der Waals surface area contributed by atoms with Gasteiger partial charge in [0.25, 0.3) is 0 Å². The predicted octanol–water partition coefficient (Wildman–Crippen LogP) is 2.86. The van der Waals surface area contributed by atoms with Crippen LogP contribution < -0.4 is 9.80 Å². The maximum absolute atomic E-state index is 14.3. The minimum Gasteiger partial charge on any atom is -0.465 e. The van der Waals surface area contributed by atoms with Crippen LogP contribution >= 0.6 is 0 Å². The van der Waals surface area contributed by atoms with E-state index in [0.29, 0.717) is 24.6 Å². The molecular formula is C22H25FN4O5. The third-order valence-corrected chi connectivity index (χ3v) is 6.35. The summed E-state index contributed by atoms with van der Waals surface area (Å²) in [7, 11) is 0. The van der Waals surface area contributed by atoms with Crippen molar-refractivity contribution < 1.29 is 28.6 Å². The number of hydrogen-bond acceptors (Lipinski definition) is 5. The third kappa shape index (κ3) is 3.63. The van der Waals surface area contributed by atoms with E-state index in [9.17, 15) is 19.1 Å². The summed E-state index contributed by atoms with van der Waals surface area (Å²) >= 11 is 0. The molecule has 2 fully saturated rings. The Morgan fingerprint density at radius 2 is 2.00 bits per heavy atom. The first-order valence-corrected chi connectivity index (χ1v) is 10.7. The second-order valence-corrected chi connectivity index (χ2v) is 8.75. The van der Waals surface area contributed by atoms with Crippen LogP contribution in [0.15, 0.2) is 30.6 Å². The Labute approximate surface area is 184 Å². The molecule has 9 nitrogen and oxygen atoms in total. The van der Waals surface area contributed by atoms with E-state index in [0.717, 1.165) is 11.1 Å². The Morgan fingerprint density at radius 3 is 2.62 bits per heavy atom. The highest BCUT2D eigenvalue weighted by molar-refractivity contribution is 6.03. The molecule has 0 saturated carbocycles. The van der Waals surface area contributed by atoms with Gasteiger partial charge in [-0.3, -0.25) is 14.4 Å². The number of carbonyl (C=O) groups excluding carboxylic acids is 1. The monoisotopic (exact) mass is 444 g/mol. The highest BCUT2D eigenvalue weighted by atomic mass is 19.1. The summed E-state index contributed by atoms with van der Waals surface area (Å²) in [5, 5.41) is 14.2. The minimum absolute atomic E-state index is 0.0171. The molecule has 3 aliphatic rings. The lowest BCUT2D eigenvalue weighted by Crippen LogP contribution is -2.52. The summed E-state index contributed by atoms with van der Waals surface area (Å²) in [6.07, 6.45) is 2.69. The summed E-state index contributed by atoms with van der Waals surface area (Å²) in [4.78, 5) is 27.8. The molecule has 1 aromatic heterocycles. The second-order valence-electron chi connectivity index (χ2n) is 8.75. The van der Waals surface area contributed by atoms with Crippen LogP contribution in [-0.4, -0.2) is 71.6 Å². The summed E-state index contributed by atoms with van der Waals surface area (Å²) in [5.74, 6) is -0.224. The van der Waals surface area contributed by atoms with Crippen molar-refractivity contribution in [2.75, 3.05) is 42.8 Å². The van der Waals surface area contributed by atoms with Gasteiger partial charge in [-0.1, -0.05) is 6.07 Å². The highest BCUT2D eigenvalue weighted by Crippen LogP contribution is 2.40. The van der Waals surface area contributed by atoms with Gasteiger partial charge in [-0.2, -0.15) is 5.10 Å². The second kappa shape index (κ2) is 7.86. The van der Waals surface area contributed by atoms with Crippen LogP contribution in [0.2, 0.25) is 0 Å². The van der Waals surface area contributed by atoms with Gasteiger partial charge in [0.05, 0.1) is 56.1 Å². The molecule has 2 aromatic rings. The molecule has 2 saturated heterocycles. The van der Waals surface area contributed by atoms with Crippen molar-refractivity contribution >= 4 is 23.4 Å². The van der Waals surface area contributed by atoms with Gasteiger partial charge in [0.2, 0.25) is 5.91 Å². The first-order valence-electron chi connectivity index (χ1n) is 10.7. The Morgan fingerprint density at radius 1 is 1.22 bits per heavy atom. The molecule has 0 spiro atoms. The van der Waals surface area contributed by atoms with Crippen LogP contribution in [-0.2, 0) is 14.3 Å². The molecule has 32 heavy (non-hydrogen) atoms. The standard InChI is InChI=1S/C22H25FN4O5/c1-14-8-25(21(29)30)19-6-15(16-7-24-26(9-16)17-10-31-11-17)2-3-18(19)27(14)20(28)4-5-22(23)12-32-13-22/h2-3,6-7,9,14,17H,4-5,8,10-13H2,1H3,(H,29,30)/t14-/m0/s1. The van der Waals surface area contributed by atoms with Gasteiger partial charge in [0.1, 0.15) is 0 Å². The largest absolute Gasteiger partial charge is 0.465 e. The van der Waals surface area contributed by atoms with Crippen molar-refractivity contribution in [1.29, 1.82) is 0 Å². The van der Waals surface area contributed by atoms with Crippen LogP contribution in [0.4, 0.5) is 20.6 Å². The van der Waals surface area contributed by atoms with Crippen molar-refractivity contribution in [3.63, 3.8) is 0 Å². The van der Waals surface area contributed by atoms with E-state index in [4.69, 9.17) is 9.47 Å². The first kappa shape index (κ1) is 20.9. The van der Waals surface area contributed by atoms with Gasteiger partial charge in [0.15, 0.2) is 5.67 Å². The van der Waals surface area contributed by atoms with Crippen LogP contribution in [0, 0.1) is 0 Å². The van der Waals surface area contributed by atoms with Gasteiger partial charge in [-0.05, 0) is 31.0 Å². The average Bonchev–Trinajstić information content (AvgIpc) is 3.17. The number of benzene rings is 1. The molecule has 3 aliphatic heterocycles. The van der Waals surface area contributed by atoms with Gasteiger partial charge >= 0.3 is 6.09 Å². The Kier molecular flexibility index (Phi) is 5.13. The van der Waals surface area contributed by atoms with Crippen LogP contribution in [0.5, 0.6) is 0 Å². The quantitative estimate of drug-likeness (QED) is 0.762. The Balaban J connectivity index is 1.44. The lowest BCUT2D eigenvalue weighted by atomic mass is 9.96. The predicted molar refractivity (Wildman–Crippen MR) is 114 cm³/mol. The van der Waals surface area contributed by atoms with Crippen molar-refractivity contribution in [2.24, 2.45) is 0 Å². The van der Waals surface area contributed by atoms with Crippen molar-refractivity contribution in [1.82, 2.24) is 9.78 Å². The van der Waals surface area contributed by atoms with Crippen molar-refractivity contribution in [3.8, 4) is 11.1 Å². The maximum atomic E-state index is 14.3. The zero-order chi connectivity index (χ0) is 22.5. The molecule has 1 N–H and O–H groups in total. The average molecular weight is 444 g/mol. The third-order valence-electron chi connectivity index (χ3n) is 6.35. The molecule has 5 rings (SSSR count). The number of nitrogens with zero attached hydrogens (tertiary/aromatic N) is 4. The zero-order valence-electron chi connectivity index (χ0n) is 17.7. The van der Waals surface area contributed by atoms with Gasteiger partial charge in [-0.15, -0.1) is 0 Å². The molecule has 2 amide bonds. The van der Waals surface area contributed by atoms with Gasteiger partial charge in [-0.25, -0.2) is 9.18 Å². The van der Waals surface area contributed by atoms with E-state index in [1.165, 1.54) is 4.90 Å². The number of carboxylic acid groups (broad SMARTS) is 1. The summed E-state index contributed by atoms with van der Waals surface area (Å²) in [6.45, 7) is 3.22. The fraction of sp³-hybridized carbons (Fsp3) is 0.500. The van der Waals surface area contributed by atoms with Crippen LogP contribution in [0.1, 0.15) is 25.8 Å². The number of hydrogen-bond donors (Lipinski definition) is 1. The molecule has 10 heteroatoms. The summed E-state index contributed by atoms with van der Waals surface area (Å²) < 4.78 is 26.3. The molecule has 0 aliphatic carbocycles. The zero-order valence-corrected chi connectivity index (χ0v) is 17.7. The molecule has 4 heterocycles. The summed E-state index contributed by atoms with van der Waals surface area (Å²) in [6, 6.07) is 5.23. The normalized spacial score (nSPS) is 22.1. The van der Waals surface area contributed by atoms with Crippen LogP contribution in [0.25, 0.3) is 11.1 Å². The topological polar surface area (TPSA) is 97.1 Å². The number of halogens is 1. The number of rotatable bonds is 5. The number of fused-ring (bicyclic) bond motifs is 1. The number of anilines is 2. The van der Waals surface area contributed by atoms with Gasteiger partial charge < -0.3 is 19.5 Å². The minimum atomic E-state index is -1.44. The number of carbonyl (C=O) groups is 2. The smallest absolute Gasteiger partial charge is 0.411 e. The number of aromatic nitrogens is 2. The van der Waals surface area contributed by atoms with E-state index < -0.39 is 11.8 Å². The van der Waals surface area contributed by atoms with Crippen molar-refractivity contribution in [3.05, 3.63) is 30.6 Å². The lowest BCUT2D eigenvalue weighted by Gasteiger charge is -2.41. The molecule has 1 aromatic carbocycles. The molecule has 0 radical (unpaired) electrons. The highest BCUT2D eigenvalue weighted by Gasteiger charge is 2.41. The fourth-order valence-corrected chi connectivity index (χ4v) is 4.35. The van der Waals surface area contributed by atoms with E-state index in [2.05, 4.69) is 5.10 Å². The van der Waals surface area contributed by atoms with Crippen LogP contribution in [0.3, 0.4) is 0 Å². The molecule has 0 unspecified atom stereocenters. The SMILES string of the molecule is C[C@H]1CN(C(=O)O)c2cc(-c3cnn(C4COC4)c3)ccc2N1C(=O)CCC1(F)COC1. The van der Waals surface area contributed by atoms with E-state index >= 15 is 0 Å². The molecular weight excluding hydrogens is 419 g/mol. The Bertz CT molecular complexity index is 1050. The Hall–Kier alpha value is -2.98. The first-order chi connectivity index (χ1) is 15.3.